The number of aliphatic carboxylic acids is 2. The third-order valence-corrected chi connectivity index (χ3v) is 2.85. The number of urea groups is 1. The Hall–Kier alpha value is -3.46. The van der Waals surface area contributed by atoms with Gasteiger partial charge in [-0.3, -0.25) is 30.0 Å². The predicted octanol–water partition coefficient (Wildman–Crippen LogP) is -5.08. The Bertz CT molecular complexity index is 610. The molecule has 0 aliphatic rings. The summed E-state index contributed by atoms with van der Waals surface area (Å²) < 4.78 is 0. The SMILES string of the molecule is NC(=O)C[C@H](NC(=O)N[C@@H](CC(=O)O)C(=O)O)C(=O)NNC(=O)[C@@H](N)CO. The highest BCUT2D eigenvalue weighted by atomic mass is 16.4. The highest BCUT2D eigenvalue weighted by Gasteiger charge is 2.27. The van der Waals surface area contributed by atoms with Gasteiger partial charge in [0.15, 0.2) is 0 Å². The second-order valence-electron chi connectivity index (χ2n) is 5.10. The van der Waals surface area contributed by atoms with Gasteiger partial charge in [0.05, 0.1) is 19.4 Å². The van der Waals surface area contributed by atoms with E-state index in [2.05, 4.69) is 0 Å². The van der Waals surface area contributed by atoms with Crippen LogP contribution in [0, 0.1) is 0 Å². The summed E-state index contributed by atoms with van der Waals surface area (Å²) in [6.45, 7) is -0.715. The van der Waals surface area contributed by atoms with Crippen molar-refractivity contribution in [2.24, 2.45) is 11.5 Å². The molecule has 0 aliphatic heterocycles. The van der Waals surface area contributed by atoms with Crippen molar-refractivity contribution in [1.29, 1.82) is 0 Å². The lowest BCUT2D eigenvalue weighted by atomic mass is 10.2. The Morgan fingerprint density at radius 2 is 1.37 bits per heavy atom. The maximum Gasteiger partial charge on any atom is 0.326 e. The van der Waals surface area contributed by atoms with E-state index in [1.165, 1.54) is 0 Å². The highest BCUT2D eigenvalue weighted by Crippen LogP contribution is 1.96. The molecule has 5 amide bonds. The minimum atomic E-state index is -1.80. The minimum absolute atomic E-state index is 0.715. The summed E-state index contributed by atoms with van der Waals surface area (Å²) in [7, 11) is 0. The molecule has 0 aromatic rings. The summed E-state index contributed by atoms with van der Waals surface area (Å²) >= 11 is 0. The van der Waals surface area contributed by atoms with E-state index in [1.54, 1.807) is 5.32 Å². The lowest BCUT2D eigenvalue weighted by Gasteiger charge is -2.20. The van der Waals surface area contributed by atoms with Crippen LogP contribution in [0.2, 0.25) is 0 Å². The van der Waals surface area contributed by atoms with Gasteiger partial charge in [-0.2, -0.15) is 0 Å². The summed E-state index contributed by atoms with van der Waals surface area (Å²) in [6.07, 6.45) is -1.66. The van der Waals surface area contributed by atoms with Gasteiger partial charge in [0, 0.05) is 0 Å². The third kappa shape index (κ3) is 9.56. The number of hydrazine groups is 1. The third-order valence-electron chi connectivity index (χ3n) is 2.85. The number of primary amides is 1. The van der Waals surface area contributed by atoms with Crippen molar-refractivity contribution < 1.29 is 44.1 Å². The second-order valence-corrected chi connectivity index (χ2v) is 5.10. The van der Waals surface area contributed by atoms with Crippen molar-refractivity contribution in [3.8, 4) is 0 Å². The Kier molecular flexibility index (Phi) is 9.78. The number of carboxylic acid groups (broad SMARTS) is 2. The molecule has 0 aromatic carbocycles. The number of carboxylic acids is 2. The predicted molar refractivity (Wildman–Crippen MR) is 84.3 cm³/mol. The van der Waals surface area contributed by atoms with Gasteiger partial charge in [-0.1, -0.05) is 0 Å². The molecule has 11 N–H and O–H groups in total. The molecule has 0 saturated heterocycles. The number of hydrogen-bond donors (Lipinski definition) is 9. The molecule has 15 nitrogen and oxygen atoms in total. The van der Waals surface area contributed by atoms with Crippen LogP contribution in [0.25, 0.3) is 0 Å². The molecule has 3 atom stereocenters. The van der Waals surface area contributed by atoms with Gasteiger partial charge in [-0.25, -0.2) is 9.59 Å². The minimum Gasteiger partial charge on any atom is -0.481 e. The molecule has 0 unspecified atom stereocenters. The molecule has 15 heteroatoms. The molecule has 152 valence electrons. The van der Waals surface area contributed by atoms with E-state index in [0.29, 0.717) is 0 Å². The van der Waals surface area contributed by atoms with Crippen molar-refractivity contribution in [1.82, 2.24) is 21.5 Å². The summed E-state index contributed by atoms with van der Waals surface area (Å²) in [5.74, 6) is -6.26. The molecule has 0 radical (unpaired) electrons. The molecule has 0 saturated carbocycles. The zero-order valence-electron chi connectivity index (χ0n) is 13.8. The van der Waals surface area contributed by atoms with Gasteiger partial charge >= 0.3 is 18.0 Å². The molecule has 0 spiro atoms. The van der Waals surface area contributed by atoms with Gasteiger partial charge in [0.1, 0.15) is 18.1 Å². The first kappa shape index (κ1) is 23.5. The number of carbonyl (C=O) groups is 6. The topological polar surface area (TPSA) is 263 Å². The second kappa shape index (κ2) is 11.2. The Morgan fingerprint density at radius 1 is 0.852 bits per heavy atom. The fraction of sp³-hybridized carbons (Fsp3) is 0.500. The van der Waals surface area contributed by atoms with E-state index in [0.717, 1.165) is 0 Å². The first-order valence-electron chi connectivity index (χ1n) is 7.24. The Morgan fingerprint density at radius 3 is 1.81 bits per heavy atom. The standard InChI is InChI=1S/C12H20N6O9/c13-4(3-19)9(23)17-18-10(24)5(1-7(14)20)15-12(27)16-6(11(25)26)2-8(21)22/h4-6,19H,1-3,13H2,(H2,14,20)(H,17,23)(H,18,24)(H,21,22)(H,25,26)(H2,15,16,27)/t4-,5-,6-/m0/s1. The number of carbonyl (C=O) groups excluding carboxylic acids is 4. The van der Waals surface area contributed by atoms with Crippen LogP contribution < -0.4 is 33.0 Å². The van der Waals surface area contributed by atoms with E-state index in [1.807, 2.05) is 16.2 Å². The lowest BCUT2D eigenvalue weighted by molar-refractivity contribution is -0.145. The van der Waals surface area contributed by atoms with Crippen LogP contribution in [-0.4, -0.2) is 75.7 Å². The average Bonchev–Trinajstić information content (AvgIpc) is 2.56. The van der Waals surface area contributed by atoms with Crippen LogP contribution >= 0.6 is 0 Å². The smallest absolute Gasteiger partial charge is 0.326 e. The van der Waals surface area contributed by atoms with Crippen LogP contribution in [0.4, 0.5) is 4.79 Å². The largest absolute Gasteiger partial charge is 0.481 e. The van der Waals surface area contributed by atoms with Crippen molar-refractivity contribution in [3.63, 3.8) is 0 Å². The fourth-order valence-electron chi connectivity index (χ4n) is 1.53. The van der Waals surface area contributed by atoms with E-state index in [9.17, 15) is 28.8 Å². The molecule has 27 heavy (non-hydrogen) atoms. The number of rotatable bonds is 10. The molecule has 0 fully saturated rings. The normalized spacial score (nSPS) is 13.4. The average molecular weight is 392 g/mol. The van der Waals surface area contributed by atoms with E-state index in [4.69, 9.17) is 26.8 Å². The Labute approximate surface area is 151 Å². The quantitative estimate of drug-likeness (QED) is 0.160. The number of aliphatic hydroxyl groups excluding tert-OH is 1. The van der Waals surface area contributed by atoms with Gasteiger partial charge in [-0.15, -0.1) is 0 Å². The van der Waals surface area contributed by atoms with Gasteiger partial charge < -0.3 is 37.4 Å². The summed E-state index contributed by atoms with van der Waals surface area (Å²) in [5, 5.41) is 29.8. The lowest BCUT2D eigenvalue weighted by Crippen LogP contribution is -2.58. The van der Waals surface area contributed by atoms with Gasteiger partial charge in [-0.05, 0) is 0 Å². The molecule has 0 aromatic heterocycles. The van der Waals surface area contributed by atoms with E-state index >= 15 is 0 Å². The van der Waals surface area contributed by atoms with E-state index in [-0.39, 0.29) is 0 Å². The monoisotopic (exact) mass is 392 g/mol. The van der Waals surface area contributed by atoms with Crippen LogP contribution in [-0.2, 0) is 24.0 Å². The van der Waals surface area contributed by atoms with Crippen molar-refractivity contribution in [3.05, 3.63) is 0 Å². The maximum absolute atomic E-state index is 11.9. The zero-order valence-corrected chi connectivity index (χ0v) is 13.8. The molecular formula is C12H20N6O9. The Balaban J connectivity index is 4.93. The molecule has 0 rings (SSSR count). The summed E-state index contributed by atoms with van der Waals surface area (Å²) in [6, 6.07) is -6.05. The van der Waals surface area contributed by atoms with Crippen molar-refractivity contribution in [2.45, 2.75) is 31.0 Å². The van der Waals surface area contributed by atoms with Gasteiger partial charge in [0.2, 0.25) is 5.91 Å². The first-order valence-corrected chi connectivity index (χ1v) is 7.24. The van der Waals surface area contributed by atoms with E-state index < -0.39 is 73.3 Å². The number of nitrogens with one attached hydrogen (secondary N) is 4. The van der Waals surface area contributed by atoms with Crippen LogP contribution in [0.3, 0.4) is 0 Å². The first-order chi connectivity index (χ1) is 12.5. The number of nitrogens with two attached hydrogens (primary N) is 2. The molecule has 0 aliphatic carbocycles. The summed E-state index contributed by atoms with van der Waals surface area (Å²) in [5.41, 5.74) is 13.8. The molecule has 0 bridgehead atoms. The van der Waals surface area contributed by atoms with Crippen LogP contribution in [0.5, 0.6) is 0 Å². The number of hydrogen-bond acceptors (Lipinski definition) is 8. The zero-order chi connectivity index (χ0) is 21.1. The van der Waals surface area contributed by atoms with Crippen LogP contribution in [0.15, 0.2) is 0 Å². The number of amides is 5. The van der Waals surface area contributed by atoms with Crippen molar-refractivity contribution in [2.75, 3.05) is 6.61 Å². The van der Waals surface area contributed by atoms with Gasteiger partial charge in [0.25, 0.3) is 11.8 Å². The molecular weight excluding hydrogens is 372 g/mol. The fourth-order valence-corrected chi connectivity index (χ4v) is 1.53. The summed E-state index contributed by atoms with van der Waals surface area (Å²) in [4.78, 5) is 67.6. The maximum atomic E-state index is 11.9. The highest BCUT2D eigenvalue weighted by molar-refractivity contribution is 5.94. The van der Waals surface area contributed by atoms with Crippen LogP contribution in [0.1, 0.15) is 12.8 Å². The molecule has 0 heterocycles. The number of aliphatic hydroxyl groups is 1. The van der Waals surface area contributed by atoms with Crippen molar-refractivity contribution >= 4 is 35.7 Å².